The van der Waals surface area contributed by atoms with Gasteiger partial charge in [0.15, 0.2) is 11.5 Å². The molecular weight excluding hydrogens is 384 g/mol. The standard InChI is InChI=1S/C19H20N2O6S/c1-25-13-9-15-14(26-11-27-15)7-12(13)8-16-18(23)21(19(24)28-16)10-17(22)20-5-3-2-4-6-20/h7-9H,2-6,10-11H2,1H3/b16-8-. The molecule has 0 bridgehead atoms. The van der Waals surface area contributed by atoms with E-state index in [1.54, 1.807) is 23.1 Å². The Balaban J connectivity index is 1.53. The first-order chi connectivity index (χ1) is 13.6. The second-order valence-electron chi connectivity index (χ2n) is 6.66. The molecule has 0 N–H and O–H groups in total. The molecule has 0 unspecified atom stereocenters. The number of imide groups is 1. The molecule has 1 aromatic carbocycles. The van der Waals surface area contributed by atoms with E-state index in [0.29, 0.717) is 35.9 Å². The predicted molar refractivity (Wildman–Crippen MR) is 102 cm³/mol. The summed E-state index contributed by atoms with van der Waals surface area (Å²) in [6.07, 6.45) is 4.59. The summed E-state index contributed by atoms with van der Waals surface area (Å²) in [6, 6.07) is 3.38. The fourth-order valence-corrected chi connectivity index (χ4v) is 4.21. The number of methoxy groups -OCH3 is 1. The maximum atomic E-state index is 12.7. The molecule has 0 radical (unpaired) electrons. The molecule has 2 saturated heterocycles. The summed E-state index contributed by atoms with van der Waals surface area (Å²) in [4.78, 5) is 40.5. The Hall–Kier alpha value is -2.68. The zero-order valence-electron chi connectivity index (χ0n) is 15.4. The average molecular weight is 404 g/mol. The van der Waals surface area contributed by atoms with Crippen molar-refractivity contribution in [2.24, 2.45) is 0 Å². The molecule has 3 aliphatic rings. The zero-order chi connectivity index (χ0) is 19.7. The van der Waals surface area contributed by atoms with Crippen molar-refractivity contribution in [1.82, 2.24) is 9.80 Å². The first-order valence-electron chi connectivity index (χ1n) is 9.07. The summed E-state index contributed by atoms with van der Waals surface area (Å²) in [5.41, 5.74) is 0.597. The number of carbonyl (C=O) groups is 3. The molecule has 0 saturated carbocycles. The van der Waals surface area contributed by atoms with Crippen molar-refractivity contribution in [3.05, 3.63) is 22.6 Å². The largest absolute Gasteiger partial charge is 0.496 e. The van der Waals surface area contributed by atoms with E-state index in [2.05, 4.69) is 0 Å². The highest BCUT2D eigenvalue weighted by atomic mass is 32.2. The fourth-order valence-electron chi connectivity index (χ4n) is 3.38. The SMILES string of the molecule is COc1cc2c(cc1/C=C1\SC(=O)N(CC(=O)N3CCCCC3)C1=O)OCO2. The number of amides is 3. The van der Waals surface area contributed by atoms with E-state index in [0.717, 1.165) is 35.9 Å². The zero-order valence-corrected chi connectivity index (χ0v) is 16.3. The number of thioether (sulfide) groups is 1. The minimum absolute atomic E-state index is 0.122. The lowest BCUT2D eigenvalue weighted by atomic mass is 10.1. The molecule has 0 aliphatic carbocycles. The lowest BCUT2D eigenvalue weighted by Crippen LogP contribution is -2.44. The van der Waals surface area contributed by atoms with Gasteiger partial charge in [-0.05, 0) is 43.2 Å². The molecule has 148 valence electrons. The highest BCUT2D eigenvalue weighted by Crippen LogP contribution is 2.40. The molecule has 4 rings (SSSR count). The van der Waals surface area contributed by atoms with Crippen molar-refractivity contribution in [1.29, 1.82) is 0 Å². The van der Waals surface area contributed by atoms with E-state index in [9.17, 15) is 14.4 Å². The summed E-state index contributed by atoms with van der Waals surface area (Å²) in [7, 11) is 1.51. The van der Waals surface area contributed by atoms with Crippen LogP contribution in [0, 0.1) is 0 Å². The van der Waals surface area contributed by atoms with Crippen LogP contribution >= 0.6 is 11.8 Å². The quantitative estimate of drug-likeness (QED) is 0.713. The highest BCUT2D eigenvalue weighted by Gasteiger charge is 2.37. The molecule has 8 nitrogen and oxygen atoms in total. The van der Waals surface area contributed by atoms with Gasteiger partial charge < -0.3 is 19.1 Å². The van der Waals surface area contributed by atoms with Crippen LogP contribution in [0.2, 0.25) is 0 Å². The number of hydrogen-bond acceptors (Lipinski definition) is 7. The number of benzene rings is 1. The van der Waals surface area contributed by atoms with Crippen molar-refractivity contribution >= 4 is 34.9 Å². The fraction of sp³-hybridized carbons (Fsp3) is 0.421. The number of piperidine rings is 1. The van der Waals surface area contributed by atoms with Crippen LogP contribution in [-0.4, -0.2) is 60.4 Å². The van der Waals surface area contributed by atoms with Gasteiger partial charge in [0.1, 0.15) is 12.3 Å². The van der Waals surface area contributed by atoms with Gasteiger partial charge in [-0.2, -0.15) is 0 Å². The molecule has 28 heavy (non-hydrogen) atoms. The monoisotopic (exact) mass is 404 g/mol. The van der Waals surface area contributed by atoms with Crippen LogP contribution in [-0.2, 0) is 9.59 Å². The van der Waals surface area contributed by atoms with Crippen LogP contribution in [0.5, 0.6) is 17.2 Å². The molecule has 2 fully saturated rings. The Labute approximate surface area is 166 Å². The van der Waals surface area contributed by atoms with Crippen LogP contribution in [0.1, 0.15) is 24.8 Å². The van der Waals surface area contributed by atoms with Gasteiger partial charge in [0.2, 0.25) is 12.7 Å². The second kappa shape index (κ2) is 7.75. The van der Waals surface area contributed by atoms with E-state index < -0.39 is 11.1 Å². The average Bonchev–Trinajstić information content (AvgIpc) is 3.27. The third kappa shape index (κ3) is 3.54. The van der Waals surface area contributed by atoms with Crippen LogP contribution in [0.3, 0.4) is 0 Å². The van der Waals surface area contributed by atoms with Crippen LogP contribution in [0.25, 0.3) is 6.08 Å². The Bertz CT molecular complexity index is 862. The third-order valence-electron chi connectivity index (χ3n) is 4.89. The number of hydrogen-bond donors (Lipinski definition) is 0. The molecular formula is C19H20N2O6S. The maximum Gasteiger partial charge on any atom is 0.294 e. The van der Waals surface area contributed by atoms with E-state index >= 15 is 0 Å². The van der Waals surface area contributed by atoms with Crippen LogP contribution in [0.15, 0.2) is 17.0 Å². The lowest BCUT2D eigenvalue weighted by molar-refractivity contribution is -0.136. The number of ether oxygens (including phenoxy) is 3. The second-order valence-corrected chi connectivity index (χ2v) is 7.65. The number of carbonyl (C=O) groups excluding carboxylic acids is 3. The van der Waals surface area contributed by atoms with Gasteiger partial charge >= 0.3 is 0 Å². The number of likely N-dealkylation sites (tertiary alicyclic amines) is 1. The molecule has 1 aromatic rings. The van der Waals surface area contributed by atoms with Crippen molar-refractivity contribution in [2.75, 3.05) is 33.5 Å². The smallest absolute Gasteiger partial charge is 0.294 e. The summed E-state index contributed by atoms with van der Waals surface area (Å²) in [6.45, 7) is 1.26. The molecule has 0 atom stereocenters. The maximum absolute atomic E-state index is 12.7. The minimum Gasteiger partial charge on any atom is -0.496 e. The molecule has 0 aromatic heterocycles. The Kier molecular flexibility index (Phi) is 5.17. The lowest BCUT2D eigenvalue weighted by Gasteiger charge is -2.27. The van der Waals surface area contributed by atoms with Crippen molar-refractivity contribution in [3.63, 3.8) is 0 Å². The van der Waals surface area contributed by atoms with Crippen LogP contribution in [0.4, 0.5) is 4.79 Å². The number of rotatable bonds is 4. The van der Waals surface area contributed by atoms with Gasteiger partial charge in [-0.15, -0.1) is 0 Å². The molecule has 3 heterocycles. The van der Waals surface area contributed by atoms with E-state index in [4.69, 9.17) is 14.2 Å². The normalized spacial score (nSPS) is 20.2. The topological polar surface area (TPSA) is 85.4 Å². The van der Waals surface area contributed by atoms with Crippen molar-refractivity contribution in [3.8, 4) is 17.2 Å². The Morgan fingerprint density at radius 3 is 2.61 bits per heavy atom. The van der Waals surface area contributed by atoms with E-state index in [1.165, 1.54) is 7.11 Å². The summed E-state index contributed by atoms with van der Waals surface area (Å²) < 4.78 is 16.0. The first kappa shape index (κ1) is 18.7. The summed E-state index contributed by atoms with van der Waals surface area (Å²) in [5, 5.41) is -0.443. The number of nitrogens with zero attached hydrogens (tertiary/aromatic N) is 2. The Morgan fingerprint density at radius 1 is 1.18 bits per heavy atom. The van der Waals surface area contributed by atoms with Gasteiger partial charge in [0.25, 0.3) is 11.1 Å². The van der Waals surface area contributed by atoms with Gasteiger partial charge in [-0.1, -0.05) is 0 Å². The van der Waals surface area contributed by atoms with E-state index in [-0.39, 0.29) is 24.2 Å². The molecule has 0 spiro atoms. The summed E-state index contributed by atoms with van der Waals surface area (Å²) >= 11 is 0.818. The Morgan fingerprint density at radius 2 is 1.89 bits per heavy atom. The first-order valence-corrected chi connectivity index (χ1v) is 9.89. The number of fused-ring (bicyclic) bond motifs is 1. The predicted octanol–water partition coefficient (Wildman–Crippen LogP) is 2.47. The highest BCUT2D eigenvalue weighted by molar-refractivity contribution is 8.18. The third-order valence-corrected chi connectivity index (χ3v) is 5.79. The van der Waals surface area contributed by atoms with Gasteiger partial charge in [-0.3, -0.25) is 19.3 Å². The van der Waals surface area contributed by atoms with Crippen LogP contribution < -0.4 is 14.2 Å². The molecule has 9 heteroatoms. The molecule has 3 aliphatic heterocycles. The van der Waals surface area contributed by atoms with Gasteiger partial charge in [0.05, 0.1) is 12.0 Å². The van der Waals surface area contributed by atoms with Crippen molar-refractivity contribution < 1.29 is 28.6 Å². The molecule has 3 amide bonds. The summed E-state index contributed by atoms with van der Waals surface area (Å²) in [5.74, 6) is 0.949. The van der Waals surface area contributed by atoms with E-state index in [1.807, 2.05) is 0 Å². The van der Waals surface area contributed by atoms with Gasteiger partial charge in [-0.25, -0.2) is 0 Å². The van der Waals surface area contributed by atoms with Gasteiger partial charge in [0, 0.05) is 24.7 Å². The van der Waals surface area contributed by atoms with Crippen molar-refractivity contribution in [2.45, 2.75) is 19.3 Å². The minimum atomic E-state index is -0.472.